The number of anilines is 2. The lowest BCUT2D eigenvalue weighted by Gasteiger charge is -2.25. The zero-order valence-electron chi connectivity index (χ0n) is 20.7. The molecule has 0 spiro atoms. The summed E-state index contributed by atoms with van der Waals surface area (Å²) in [6.07, 6.45) is 3.04. The number of aromatic amines is 1. The van der Waals surface area contributed by atoms with Gasteiger partial charge in [-0.3, -0.25) is 19.1 Å². The molecule has 4 aromatic rings. The molecule has 3 N–H and O–H groups in total. The van der Waals surface area contributed by atoms with Crippen LogP contribution in [0.5, 0.6) is 0 Å². The molecule has 0 radical (unpaired) electrons. The summed E-state index contributed by atoms with van der Waals surface area (Å²) in [5.74, 6) is -0.361. The molecule has 0 bridgehead atoms. The third kappa shape index (κ3) is 4.93. The van der Waals surface area contributed by atoms with Crippen molar-refractivity contribution in [3.05, 3.63) is 87.1 Å². The molecule has 0 aliphatic heterocycles. The topological polar surface area (TPSA) is 114 Å². The van der Waals surface area contributed by atoms with Gasteiger partial charge in [0.2, 0.25) is 0 Å². The number of fused-ring (bicyclic) bond motifs is 1. The monoisotopic (exact) mass is 485 g/mol. The predicted octanol–water partition coefficient (Wildman–Crippen LogP) is 4.58. The van der Waals surface area contributed by atoms with Crippen molar-refractivity contribution in [3.8, 4) is 11.3 Å². The number of rotatable bonds is 9. The number of nitrogen functional groups attached to an aromatic ring is 1. The first-order valence-electron chi connectivity index (χ1n) is 12.4. The molecular formula is C28H31N5O3. The maximum absolute atomic E-state index is 14.2. The first kappa shape index (κ1) is 24.9. The highest BCUT2D eigenvalue weighted by atomic mass is 16.2. The first-order valence-corrected chi connectivity index (χ1v) is 12.4. The Hall–Kier alpha value is -4.20. The Kier molecular flexibility index (Phi) is 7.63. The van der Waals surface area contributed by atoms with Gasteiger partial charge in [-0.1, -0.05) is 75.2 Å². The van der Waals surface area contributed by atoms with Gasteiger partial charge in [-0.2, -0.15) is 0 Å². The van der Waals surface area contributed by atoms with Crippen molar-refractivity contribution in [2.75, 3.05) is 17.2 Å². The van der Waals surface area contributed by atoms with Crippen molar-refractivity contribution in [2.24, 2.45) is 0 Å². The average molecular weight is 486 g/mol. The van der Waals surface area contributed by atoms with Crippen molar-refractivity contribution in [1.29, 1.82) is 0 Å². The van der Waals surface area contributed by atoms with Gasteiger partial charge in [0.15, 0.2) is 5.69 Å². The standard InChI is InChI=1S/C28H31N5O3/c1-3-5-16-32(24-25(29)33(17-6-4-2)28(36)31-26(24)34)27(35)21-18-23(19-12-8-7-9-13-19)30-22-15-11-10-14-20(21)22/h7-15,18H,3-6,16-17,29H2,1-2H3,(H,31,34,36). The number of carbonyl (C=O) groups excluding carboxylic acids is 1. The van der Waals surface area contributed by atoms with Crippen LogP contribution in [-0.4, -0.2) is 27.0 Å². The van der Waals surface area contributed by atoms with Gasteiger partial charge in [-0.15, -0.1) is 0 Å². The van der Waals surface area contributed by atoms with Crippen LogP contribution in [0.15, 0.2) is 70.3 Å². The molecule has 0 fully saturated rings. The molecule has 0 atom stereocenters. The lowest BCUT2D eigenvalue weighted by molar-refractivity contribution is 0.0987. The quantitative estimate of drug-likeness (QED) is 0.360. The number of H-pyrrole nitrogens is 1. The Morgan fingerprint density at radius 3 is 2.42 bits per heavy atom. The maximum Gasteiger partial charge on any atom is 0.330 e. The van der Waals surface area contributed by atoms with Gasteiger partial charge < -0.3 is 10.6 Å². The second-order valence-electron chi connectivity index (χ2n) is 8.75. The molecular weight excluding hydrogens is 454 g/mol. The Morgan fingerprint density at radius 2 is 1.69 bits per heavy atom. The number of benzene rings is 2. The molecule has 0 saturated heterocycles. The molecule has 2 aromatic carbocycles. The molecule has 186 valence electrons. The molecule has 8 heteroatoms. The Balaban J connectivity index is 1.91. The van der Waals surface area contributed by atoms with E-state index in [1.54, 1.807) is 6.07 Å². The van der Waals surface area contributed by atoms with E-state index in [4.69, 9.17) is 10.7 Å². The van der Waals surface area contributed by atoms with E-state index in [-0.39, 0.29) is 24.0 Å². The van der Waals surface area contributed by atoms with Crippen LogP contribution in [0.4, 0.5) is 11.5 Å². The number of para-hydroxylation sites is 1. The molecule has 1 amide bonds. The van der Waals surface area contributed by atoms with Crippen LogP contribution in [0.3, 0.4) is 0 Å². The van der Waals surface area contributed by atoms with Gasteiger partial charge in [-0.05, 0) is 25.0 Å². The molecule has 8 nitrogen and oxygen atoms in total. The summed E-state index contributed by atoms with van der Waals surface area (Å²) in [4.78, 5) is 48.2. The van der Waals surface area contributed by atoms with E-state index in [0.29, 0.717) is 41.5 Å². The van der Waals surface area contributed by atoms with Crippen LogP contribution in [0.2, 0.25) is 0 Å². The maximum atomic E-state index is 14.2. The number of nitrogens with one attached hydrogen (secondary N) is 1. The van der Waals surface area contributed by atoms with Crippen LogP contribution in [0, 0.1) is 0 Å². The van der Waals surface area contributed by atoms with Crippen molar-refractivity contribution in [2.45, 2.75) is 46.1 Å². The summed E-state index contributed by atoms with van der Waals surface area (Å²) in [5.41, 5.74) is 7.77. The van der Waals surface area contributed by atoms with E-state index in [9.17, 15) is 14.4 Å². The fraction of sp³-hybridized carbons (Fsp3) is 0.286. The largest absolute Gasteiger partial charge is 0.383 e. The zero-order chi connectivity index (χ0) is 25.7. The molecule has 2 aromatic heterocycles. The fourth-order valence-electron chi connectivity index (χ4n) is 4.26. The van der Waals surface area contributed by atoms with Gasteiger partial charge in [0, 0.05) is 24.0 Å². The number of hydrogen-bond acceptors (Lipinski definition) is 5. The molecule has 2 heterocycles. The predicted molar refractivity (Wildman–Crippen MR) is 144 cm³/mol. The highest BCUT2D eigenvalue weighted by molar-refractivity contribution is 6.14. The van der Waals surface area contributed by atoms with Crippen LogP contribution < -0.4 is 21.9 Å². The van der Waals surface area contributed by atoms with E-state index < -0.39 is 11.2 Å². The van der Waals surface area contributed by atoms with Crippen molar-refractivity contribution < 1.29 is 4.79 Å². The number of amides is 1. The summed E-state index contributed by atoms with van der Waals surface area (Å²) in [5, 5.41) is 0.679. The number of carbonyl (C=O) groups is 1. The molecule has 0 saturated carbocycles. The Bertz CT molecular complexity index is 1490. The highest BCUT2D eigenvalue weighted by Crippen LogP contribution is 2.28. The number of unbranched alkanes of at least 4 members (excludes halogenated alkanes) is 2. The van der Waals surface area contributed by atoms with Crippen molar-refractivity contribution >= 4 is 28.3 Å². The number of hydrogen-bond donors (Lipinski definition) is 2. The summed E-state index contributed by atoms with van der Waals surface area (Å²) >= 11 is 0. The summed E-state index contributed by atoms with van der Waals surface area (Å²) in [7, 11) is 0. The second-order valence-corrected chi connectivity index (χ2v) is 8.75. The molecule has 0 aliphatic carbocycles. The second kappa shape index (κ2) is 11.0. The van der Waals surface area contributed by atoms with Gasteiger partial charge in [0.05, 0.1) is 16.8 Å². The fourth-order valence-corrected chi connectivity index (χ4v) is 4.26. The van der Waals surface area contributed by atoms with Crippen LogP contribution in [0.25, 0.3) is 22.2 Å². The van der Waals surface area contributed by atoms with E-state index in [2.05, 4.69) is 4.98 Å². The van der Waals surface area contributed by atoms with E-state index >= 15 is 0 Å². The summed E-state index contributed by atoms with van der Waals surface area (Å²) in [6.45, 7) is 4.65. The van der Waals surface area contributed by atoms with Crippen LogP contribution >= 0.6 is 0 Å². The van der Waals surface area contributed by atoms with Gasteiger partial charge in [-0.25, -0.2) is 9.78 Å². The summed E-state index contributed by atoms with van der Waals surface area (Å²) < 4.78 is 1.34. The van der Waals surface area contributed by atoms with E-state index in [1.807, 2.05) is 68.4 Å². The summed E-state index contributed by atoms with van der Waals surface area (Å²) in [6, 6.07) is 18.8. The SMILES string of the molecule is CCCCN(C(=O)c1cc(-c2ccccc2)nc2ccccc12)c1c(N)n(CCCC)c(=O)[nH]c1=O. The number of nitrogens with zero attached hydrogens (tertiary/aromatic N) is 3. The van der Waals surface area contributed by atoms with Crippen molar-refractivity contribution in [3.63, 3.8) is 0 Å². The average Bonchev–Trinajstić information content (AvgIpc) is 2.89. The first-order chi connectivity index (χ1) is 17.5. The minimum atomic E-state index is -0.670. The van der Waals surface area contributed by atoms with Gasteiger partial charge >= 0.3 is 5.69 Å². The minimum absolute atomic E-state index is 0.00305. The minimum Gasteiger partial charge on any atom is -0.383 e. The zero-order valence-corrected chi connectivity index (χ0v) is 20.7. The van der Waals surface area contributed by atoms with Gasteiger partial charge in [0.25, 0.3) is 11.5 Å². The lowest BCUT2D eigenvalue weighted by atomic mass is 10.0. The highest BCUT2D eigenvalue weighted by Gasteiger charge is 2.27. The normalized spacial score (nSPS) is 11.1. The Labute approximate surface area is 209 Å². The molecule has 0 aliphatic rings. The van der Waals surface area contributed by atoms with Crippen LogP contribution in [0.1, 0.15) is 49.9 Å². The number of pyridine rings is 1. The Morgan fingerprint density at radius 1 is 1.00 bits per heavy atom. The molecule has 4 rings (SSSR count). The number of aromatic nitrogens is 3. The van der Waals surface area contributed by atoms with Crippen LogP contribution in [-0.2, 0) is 6.54 Å². The van der Waals surface area contributed by atoms with E-state index in [1.165, 1.54) is 9.47 Å². The third-order valence-corrected chi connectivity index (χ3v) is 6.22. The third-order valence-electron chi connectivity index (χ3n) is 6.22. The van der Waals surface area contributed by atoms with E-state index in [0.717, 1.165) is 18.4 Å². The smallest absolute Gasteiger partial charge is 0.330 e. The lowest BCUT2D eigenvalue weighted by Crippen LogP contribution is -2.41. The molecule has 36 heavy (non-hydrogen) atoms. The van der Waals surface area contributed by atoms with Crippen molar-refractivity contribution in [1.82, 2.24) is 14.5 Å². The van der Waals surface area contributed by atoms with Gasteiger partial charge in [0.1, 0.15) is 5.82 Å². The number of nitrogens with two attached hydrogens (primary N) is 1. The molecule has 0 unspecified atom stereocenters.